The van der Waals surface area contributed by atoms with Crippen LogP contribution < -0.4 is 14.8 Å². The summed E-state index contributed by atoms with van der Waals surface area (Å²) >= 11 is 18.4. The van der Waals surface area contributed by atoms with E-state index in [1.165, 1.54) is 20.3 Å². The number of amides is 1. The van der Waals surface area contributed by atoms with Gasteiger partial charge in [-0.05, 0) is 35.9 Å². The average Bonchev–Trinajstić information content (AvgIpc) is 2.72. The molecule has 0 saturated heterocycles. The smallest absolute Gasteiger partial charge is 0.262 e. The zero-order valence-electron chi connectivity index (χ0n) is 16.3. The molecule has 0 atom stereocenters. The molecule has 1 N–H and O–H groups in total. The van der Waals surface area contributed by atoms with Crippen LogP contribution in [0.15, 0.2) is 35.9 Å². The molecule has 2 aromatic carbocycles. The number of hydrogen-bond donors (Lipinski definition) is 1. The second kappa shape index (κ2) is 11.7. The third-order valence-electron chi connectivity index (χ3n) is 3.91. The molecule has 0 spiro atoms. The van der Waals surface area contributed by atoms with Crippen molar-refractivity contribution < 1.29 is 19.0 Å². The number of halogens is 3. The fourth-order valence-electron chi connectivity index (χ4n) is 2.43. The van der Waals surface area contributed by atoms with Gasteiger partial charge in [0.2, 0.25) is 0 Å². The molecule has 0 radical (unpaired) electrons. The number of hydrogen-bond acceptors (Lipinski definition) is 5. The first kappa shape index (κ1) is 23.8. The van der Waals surface area contributed by atoms with Gasteiger partial charge in [-0.3, -0.25) is 4.79 Å². The minimum absolute atomic E-state index is 0.0779. The summed E-state index contributed by atoms with van der Waals surface area (Å²) in [4.78, 5) is 12.1. The Morgan fingerprint density at radius 1 is 1.17 bits per heavy atom. The maximum Gasteiger partial charge on any atom is 0.262 e. The van der Waals surface area contributed by atoms with E-state index in [-0.39, 0.29) is 17.2 Å². The first-order valence-electron chi connectivity index (χ1n) is 8.72. The van der Waals surface area contributed by atoms with Gasteiger partial charge in [-0.2, -0.15) is 5.26 Å². The lowest BCUT2D eigenvalue weighted by Crippen LogP contribution is -2.27. The zero-order valence-corrected chi connectivity index (χ0v) is 18.6. The average molecular weight is 470 g/mol. The molecule has 2 rings (SSSR count). The number of ether oxygens (including phenoxy) is 3. The number of nitrogens with zero attached hydrogens (tertiary/aromatic N) is 1. The van der Waals surface area contributed by atoms with Crippen LogP contribution in [0.5, 0.6) is 11.5 Å². The van der Waals surface area contributed by atoms with Gasteiger partial charge in [0.05, 0.1) is 18.7 Å². The first-order valence-corrected chi connectivity index (χ1v) is 9.86. The second-order valence-electron chi connectivity index (χ2n) is 5.98. The van der Waals surface area contributed by atoms with Gasteiger partial charge in [-0.1, -0.05) is 40.9 Å². The molecule has 0 aliphatic heterocycles. The van der Waals surface area contributed by atoms with Crippen LogP contribution in [0.1, 0.15) is 11.1 Å². The molecule has 9 heteroatoms. The fraction of sp³-hybridized carbons (Fsp3) is 0.238. The van der Waals surface area contributed by atoms with Gasteiger partial charge in [0, 0.05) is 29.3 Å². The lowest BCUT2D eigenvalue weighted by Gasteiger charge is -2.14. The third kappa shape index (κ3) is 6.54. The standard InChI is InChI=1S/C21H19Cl3N2O4/c1-28-6-5-26-21(27)15(11-25)7-13-8-18(24)20(19(9-13)29-2)30-12-14-3-4-16(22)10-17(14)23/h3-4,7-10H,5-6,12H2,1-2H3,(H,26,27)/b15-7+. The van der Waals surface area contributed by atoms with Crippen LogP contribution in [0.2, 0.25) is 15.1 Å². The topological polar surface area (TPSA) is 80.6 Å². The Labute approximate surface area is 189 Å². The zero-order chi connectivity index (χ0) is 22.1. The molecule has 0 saturated carbocycles. The second-order valence-corrected chi connectivity index (χ2v) is 7.23. The maximum absolute atomic E-state index is 12.1. The Morgan fingerprint density at radius 2 is 1.93 bits per heavy atom. The van der Waals surface area contributed by atoms with Gasteiger partial charge in [-0.25, -0.2) is 0 Å². The summed E-state index contributed by atoms with van der Waals surface area (Å²) in [5.41, 5.74) is 1.15. The van der Waals surface area contributed by atoms with Crippen LogP contribution in [-0.4, -0.2) is 33.3 Å². The number of nitriles is 1. The van der Waals surface area contributed by atoms with Crippen molar-refractivity contribution in [1.29, 1.82) is 5.26 Å². The summed E-state index contributed by atoms with van der Waals surface area (Å²) in [6.07, 6.45) is 1.41. The molecule has 0 aliphatic rings. The van der Waals surface area contributed by atoms with Crippen molar-refractivity contribution in [1.82, 2.24) is 5.32 Å². The molecular formula is C21H19Cl3N2O4. The van der Waals surface area contributed by atoms with Crippen LogP contribution in [0, 0.1) is 11.3 Å². The van der Waals surface area contributed by atoms with E-state index in [0.29, 0.717) is 40.3 Å². The fourth-order valence-corrected chi connectivity index (χ4v) is 3.17. The maximum atomic E-state index is 12.1. The van der Waals surface area contributed by atoms with Crippen LogP contribution in [-0.2, 0) is 16.1 Å². The van der Waals surface area contributed by atoms with Crippen molar-refractivity contribution in [2.75, 3.05) is 27.4 Å². The molecule has 6 nitrogen and oxygen atoms in total. The predicted octanol–water partition coefficient (Wildman–Crippen LogP) is 4.90. The number of rotatable bonds is 9. The van der Waals surface area contributed by atoms with Crippen LogP contribution in [0.4, 0.5) is 0 Å². The highest BCUT2D eigenvalue weighted by Gasteiger charge is 2.15. The molecular weight excluding hydrogens is 451 g/mol. The summed E-state index contributed by atoms with van der Waals surface area (Å²) < 4.78 is 16.0. The Morgan fingerprint density at radius 3 is 2.57 bits per heavy atom. The quantitative estimate of drug-likeness (QED) is 0.321. The summed E-state index contributed by atoms with van der Waals surface area (Å²) in [5, 5.41) is 13.1. The Balaban J connectivity index is 2.24. The molecule has 158 valence electrons. The van der Waals surface area contributed by atoms with E-state index in [1.807, 2.05) is 6.07 Å². The summed E-state index contributed by atoms with van der Waals surface area (Å²) in [6, 6.07) is 10.1. The monoisotopic (exact) mass is 468 g/mol. The van der Waals surface area contributed by atoms with Crippen molar-refractivity contribution in [2.45, 2.75) is 6.61 Å². The minimum Gasteiger partial charge on any atom is -0.493 e. The number of methoxy groups -OCH3 is 2. The molecule has 0 bridgehead atoms. The lowest BCUT2D eigenvalue weighted by molar-refractivity contribution is -0.117. The Bertz CT molecular complexity index is 987. The number of nitrogens with one attached hydrogen (secondary N) is 1. The summed E-state index contributed by atoms with van der Waals surface area (Å²) in [5.74, 6) is 0.142. The summed E-state index contributed by atoms with van der Waals surface area (Å²) in [6.45, 7) is 0.777. The van der Waals surface area contributed by atoms with Gasteiger partial charge in [0.1, 0.15) is 18.2 Å². The Hall–Kier alpha value is -2.43. The highest BCUT2D eigenvalue weighted by Crippen LogP contribution is 2.38. The van der Waals surface area contributed by atoms with Crippen LogP contribution >= 0.6 is 34.8 Å². The van der Waals surface area contributed by atoms with Gasteiger partial charge in [0.15, 0.2) is 11.5 Å². The van der Waals surface area contributed by atoms with E-state index in [4.69, 9.17) is 49.0 Å². The molecule has 1 amide bonds. The summed E-state index contributed by atoms with van der Waals surface area (Å²) in [7, 11) is 2.98. The van der Waals surface area contributed by atoms with Crippen molar-refractivity contribution in [3.05, 3.63) is 62.1 Å². The lowest BCUT2D eigenvalue weighted by atomic mass is 10.1. The number of carbonyl (C=O) groups excluding carboxylic acids is 1. The van der Waals surface area contributed by atoms with E-state index < -0.39 is 5.91 Å². The largest absolute Gasteiger partial charge is 0.493 e. The normalized spacial score (nSPS) is 11.0. The van der Waals surface area contributed by atoms with Crippen molar-refractivity contribution in [2.24, 2.45) is 0 Å². The molecule has 30 heavy (non-hydrogen) atoms. The molecule has 0 aliphatic carbocycles. The predicted molar refractivity (Wildman–Crippen MR) is 117 cm³/mol. The van der Waals surface area contributed by atoms with Crippen LogP contribution in [0.3, 0.4) is 0 Å². The van der Waals surface area contributed by atoms with E-state index in [2.05, 4.69) is 5.32 Å². The molecule has 2 aromatic rings. The molecule has 0 aromatic heterocycles. The number of carbonyl (C=O) groups is 1. The van der Waals surface area contributed by atoms with Crippen molar-refractivity contribution in [3.63, 3.8) is 0 Å². The van der Waals surface area contributed by atoms with E-state index in [9.17, 15) is 10.1 Å². The van der Waals surface area contributed by atoms with Gasteiger partial charge in [-0.15, -0.1) is 0 Å². The highest BCUT2D eigenvalue weighted by atomic mass is 35.5. The highest BCUT2D eigenvalue weighted by molar-refractivity contribution is 6.35. The van der Waals surface area contributed by atoms with Gasteiger partial charge < -0.3 is 19.5 Å². The van der Waals surface area contributed by atoms with Crippen LogP contribution in [0.25, 0.3) is 6.08 Å². The molecule has 0 unspecified atom stereocenters. The third-order valence-corrected chi connectivity index (χ3v) is 4.77. The Kier molecular flexibility index (Phi) is 9.28. The van der Waals surface area contributed by atoms with Crippen molar-refractivity contribution >= 4 is 46.8 Å². The van der Waals surface area contributed by atoms with Crippen molar-refractivity contribution in [3.8, 4) is 17.6 Å². The molecule has 0 fully saturated rings. The van der Waals surface area contributed by atoms with Gasteiger partial charge >= 0.3 is 0 Å². The van der Waals surface area contributed by atoms with Gasteiger partial charge in [0.25, 0.3) is 5.91 Å². The number of benzene rings is 2. The van der Waals surface area contributed by atoms with E-state index in [1.54, 1.807) is 30.3 Å². The van der Waals surface area contributed by atoms with E-state index in [0.717, 1.165) is 5.56 Å². The molecule has 0 heterocycles. The first-order chi connectivity index (χ1) is 14.4. The van der Waals surface area contributed by atoms with E-state index >= 15 is 0 Å². The SMILES string of the molecule is COCCNC(=O)/C(C#N)=C/c1cc(Cl)c(OCc2ccc(Cl)cc2Cl)c(OC)c1. The minimum atomic E-state index is -0.512.